The van der Waals surface area contributed by atoms with Crippen molar-refractivity contribution in [3.05, 3.63) is 59.7 Å². The smallest absolute Gasteiger partial charge is 0.872 e. The van der Waals surface area contributed by atoms with Gasteiger partial charge in [-0.1, -0.05) is 55.7 Å². The molecule has 2 fully saturated rings. The number of piperidine rings is 1. The summed E-state index contributed by atoms with van der Waals surface area (Å²) in [7, 11) is 0. The van der Waals surface area contributed by atoms with E-state index in [-0.39, 0.29) is 49.3 Å². The van der Waals surface area contributed by atoms with Crippen molar-refractivity contribution in [3.63, 3.8) is 0 Å². The van der Waals surface area contributed by atoms with Crippen molar-refractivity contribution >= 4 is 23.6 Å². The van der Waals surface area contributed by atoms with Gasteiger partial charge in [-0.15, -0.1) is 17.5 Å². The number of carbonyl (C=O) groups excluding carboxylic acids is 2. The molecule has 0 radical (unpaired) electrons. The fourth-order valence-electron chi connectivity index (χ4n) is 6.04. The van der Waals surface area contributed by atoms with Crippen molar-refractivity contribution < 1.29 is 39.3 Å². The van der Waals surface area contributed by atoms with Gasteiger partial charge >= 0.3 is 19.5 Å². The van der Waals surface area contributed by atoms with Gasteiger partial charge in [0.2, 0.25) is 5.91 Å². The monoisotopic (exact) mass is 629 g/mol. The molecule has 41 heavy (non-hydrogen) atoms. The van der Waals surface area contributed by atoms with E-state index in [2.05, 4.69) is 15.5 Å². The Kier molecular flexibility index (Phi) is 12.3. The van der Waals surface area contributed by atoms with E-state index in [4.69, 9.17) is 0 Å². The quantitative estimate of drug-likeness (QED) is 0.325. The molecule has 5 atom stereocenters. The molecule has 2 aromatic carbocycles. The predicted octanol–water partition coefficient (Wildman–Crippen LogP) is 3.48. The maximum atomic E-state index is 14.0. The van der Waals surface area contributed by atoms with Crippen LogP contribution in [0.1, 0.15) is 68.8 Å². The van der Waals surface area contributed by atoms with Gasteiger partial charge < -0.3 is 20.8 Å². The first-order chi connectivity index (χ1) is 19.0. The Balaban J connectivity index is 0.00000462. The van der Waals surface area contributed by atoms with Crippen molar-refractivity contribution in [1.29, 1.82) is 0 Å². The first-order valence-corrected chi connectivity index (χ1v) is 15.5. The summed E-state index contributed by atoms with van der Waals surface area (Å²) in [5, 5.41) is 32.2. The number of carbonyl (C=O) groups is 2. The number of nitrogens with zero attached hydrogens (tertiary/aromatic N) is 1. The van der Waals surface area contributed by atoms with Crippen molar-refractivity contribution in [2.45, 2.75) is 88.4 Å². The van der Waals surface area contributed by atoms with Gasteiger partial charge in [-0.25, -0.2) is 0 Å². The van der Waals surface area contributed by atoms with Crippen LogP contribution in [0.2, 0.25) is 0 Å². The van der Waals surface area contributed by atoms with Gasteiger partial charge in [-0.3, -0.25) is 14.5 Å². The Morgan fingerprint density at radius 3 is 2.41 bits per heavy atom. The van der Waals surface area contributed by atoms with E-state index in [0.29, 0.717) is 28.7 Å². The van der Waals surface area contributed by atoms with E-state index in [0.717, 1.165) is 30.7 Å². The molecule has 1 saturated heterocycles. The summed E-state index contributed by atoms with van der Waals surface area (Å²) in [6.45, 7) is 8.46. The van der Waals surface area contributed by atoms with Crippen LogP contribution in [0.4, 0.5) is 0 Å². The minimum atomic E-state index is -1.15. The molecule has 0 bridgehead atoms. The number of likely N-dealkylation sites (tertiary alicyclic amines) is 1. The van der Waals surface area contributed by atoms with Crippen LogP contribution in [-0.4, -0.2) is 59.3 Å². The van der Waals surface area contributed by atoms with E-state index in [1.807, 2.05) is 51.1 Å². The Morgan fingerprint density at radius 1 is 1.05 bits per heavy atom. The molecule has 0 spiro atoms. The molecule has 9 heteroatoms. The molecule has 7 nitrogen and oxygen atoms in total. The standard InChI is InChI=1S/C32H44N3O4S.Zn/c1-21-25(15-10-16-28(21)36)30(38)33-26(20-40-24-13-6-5-7-14-24)29(37)19-35-18-23-12-9-8-11-22(23)17-27(35)31(39)34-32(2,3)4;/h5-7,10,13-16,22-23,26-27,29,36H,8-9,11-12,17-20H2,1-4H3,(H,33,38)(H,34,39);/q-1;+2/p-1/t22-,23+,26-,27-,29+;/m0./s1. The Labute approximate surface area is 262 Å². The van der Waals surface area contributed by atoms with Gasteiger partial charge in [0, 0.05) is 34.3 Å². The average Bonchev–Trinajstić information content (AvgIpc) is 2.91. The summed E-state index contributed by atoms with van der Waals surface area (Å²) >= 11 is 1.52. The van der Waals surface area contributed by atoms with Gasteiger partial charge in [0.05, 0.1) is 6.04 Å². The summed E-state index contributed by atoms with van der Waals surface area (Å²) in [4.78, 5) is 29.8. The average molecular weight is 631 g/mol. The summed E-state index contributed by atoms with van der Waals surface area (Å²) in [5.41, 5.74) is 0.301. The second kappa shape index (κ2) is 15.0. The molecule has 1 saturated carbocycles. The zero-order valence-corrected chi connectivity index (χ0v) is 28.6. The van der Waals surface area contributed by atoms with Crippen LogP contribution in [-0.2, 0) is 24.3 Å². The zero-order chi connectivity index (χ0) is 28.9. The van der Waals surface area contributed by atoms with Crippen LogP contribution in [0.3, 0.4) is 0 Å². The van der Waals surface area contributed by atoms with Crippen LogP contribution in [0.5, 0.6) is 5.75 Å². The van der Waals surface area contributed by atoms with Gasteiger partial charge in [-0.05, 0) is 82.7 Å². The molecule has 2 aliphatic rings. The molecular formula is C32H43N3O4SZn. The second-order valence-electron chi connectivity index (χ2n) is 12.4. The molecular weight excluding hydrogens is 588 g/mol. The maximum Gasteiger partial charge on any atom is 2.00 e. The van der Waals surface area contributed by atoms with Crippen molar-refractivity contribution in [3.8, 4) is 5.75 Å². The summed E-state index contributed by atoms with van der Waals surface area (Å²) < 4.78 is 0. The molecule has 2 N–H and O–H groups in total. The van der Waals surface area contributed by atoms with Crippen molar-refractivity contribution in [1.82, 2.24) is 15.5 Å². The molecule has 218 valence electrons. The van der Waals surface area contributed by atoms with E-state index in [1.165, 1.54) is 30.7 Å². The van der Waals surface area contributed by atoms with Gasteiger partial charge in [0.25, 0.3) is 5.91 Å². The summed E-state index contributed by atoms with van der Waals surface area (Å²) in [5.74, 6) is 0.753. The first-order valence-electron chi connectivity index (χ1n) is 14.5. The predicted molar refractivity (Wildman–Crippen MR) is 156 cm³/mol. The Hall–Kier alpha value is -1.93. The number of amides is 2. The molecule has 0 aromatic heterocycles. The first kappa shape index (κ1) is 33.6. The molecule has 4 rings (SSSR count). The summed E-state index contributed by atoms with van der Waals surface area (Å²) in [6.07, 6.45) is 4.29. The number of thioether (sulfide) groups is 1. The van der Waals surface area contributed by atoms with Gasteiger partial charge in [0.1, 0.15) is 0 Å². The Bertz CT molecular complexity index is 1160. The second-order valence-corrected chi connectivity index (χ2v) is 13.5. The van der Waals surface area contributed by atoms with Crippen molar-refractivity contribution in [2.24, 2.45) is 11.8 Å². The maximum absolute atomic E-state index is 14.0. The molecule has 1 aliphatic carbocycles. The van der Waals surface area contributed by atoms with Crippen LogP contribution in [0.15, 0.2) is 53.4 Å². The van der Waals surface area contributed by atoms with Crippen LogP contribution in [0, 0.1) is 18.8 Å². The summed E-state index contributed by atoms with van der Waals surface area (Å²) in [6, 6.07) is 13.4. The van der Waals surface area contributed by atoms with Crippen LogP contribution in [0.25, 0.3) is 0 Å². The van der Waals surface area contributed by atoms with Crippen molar-refractivity contribution in [2.75, 3.05) is 18.8 Å². The third-order valence-corrected chi connectivity index (χ3v) is 9.32. The molecule has 1 aliphatic heterocycles. The number of fused-ring (bicyclic) bond motifs is 1. The number of hydrogen-bond donors (Lipinski definition) is 2. The van der Waals surface area contributed by atoms with Gasteiger partial charge in [-0.2, -0.15) is 0 Å². The topological polar surface area (TPSA) is 108 Å². The van der Waals surface area contributed by atoms with Gasteiger partial charge in [0.15, 0.2) is 0 Å². The molecule has 2 amide bonds. The SMILES string of the molecule is Cc1c([O-])cccc1C(=O)N[C@@H](CSc1ccccc1)[C@H]([O-])CN1C[C@H]2CCCC[C@H]2C[C@H]1C(=O)NC(C)(C)C.[Zn+2]. The molecule has 2 aromatic rings. The molecule has 1 heterocycles. The van der Waals surface area contributed by atoms with E-state index in [9.17, 15) is 19.8 Å². The largest absolute Gasteiger partial charge is 2.00 e. The normalized spacial score (nSPS) is 22.5. The van der Waals surface area contributed by atoms with E-state index < -0.39 is 18.1 Å². The Morgan fingerprint density at radius 2 is 1.73 bits per heavy atom. The van der Waals surface area contributed by atoms with E-state index in [1.54, 1.807) is 19.1 Å². The third-order valence-electron chi connectivity index (χ3n) is 8.18. The number of benzene rings is 2. The molecule has 0 unspecified atom stereocenters. The fourth-order valence-corrected chi connectivity index (χ4v) is 7.06. The number of hydrogen-bond acceptors (Lipinski definition) is 6. The number of nitrogens with one attached hydrogen (secondary N) is 2. The number of rotatable bonds is 9. The zero-order valence-electron chi connectivity index (χ0n) is 24.9. The minimum absolute atomic E-state index is 0. The van der Waals surface area contributed by atoms with E-state index >= 15 is 0 Å². The van der Waals surface area contributed by atoms with Crippen LogP contribution < -0.4 is 20.8 Å². The minimum Gasteiger partial charge on any atom is -0.872 e. The van der Waals surface area contributed by atoms with Crippen LogP contribution >= 0.6 is 11.8 Å². The fraction of sp³-hybridized carbons (Fsp3) is 0.562. The third kappa shape index (κ3) is 9.28.